The molecule has 0 saturated heterocycles. The first kappa shape index (κ1) is 19.8. The van der Waals surface area contributed by atoms with Crippen LogP contribution in [0, 0.1) is 0 Å². The molecular weight excluding hydrogens is 378 g/mol. The van der Waals surface area contributed by atoms with E-state index >= 15 is 0 Å². The molecular formula is C20H21N3O4S. The number of methoxy groups -OCH3 is 2. The summed E-state index contributed by atoms with van der Waals surface area (Å²) in [5.41, 5.74) is 1.33. The van der Waals surface area contributed by atoms with Crippen LogP contribution in [0.25, 0.3) is 11.4 Å². The third kappa shape index (κ3) is 4.12. The summed E-state index contributed by atoms with van der Waals surface area (Å²) >= 11 is 1.53. The quantitative estimate of drug-likeness (QED) is 0.560. The van der Waals surface area contributed by atoms with E-state index in [4.69, 9.17) is 14.0 Å². The highest BCUT2D eigenvalue weighted by Gasteiger charge is 2.19. The number of carbonyl (C=O) groups excluding carboxylic acids is 1. The molecule has 0 aliphatic carbocycles. The molecule has 0 atom stereocenters. The molecule has 3 aromatic rings. The van der Waals surface area contributed by atoms with Crippen molar-refractivity contribution < 1.29 is 18.8 Å². The number of amides is 1. The van der Waals surface area contributed by atoms with Gasteiger partial charge in [-0.05, 0) is 30.5 Å². The van der Waals surface area contributed by atoms with Crippen molar-refractivity contribution in [2.45, 2.75) is 11.4 Å². The van der Waals surface area contributed by atoms with Crippen LogP contribution in [0.15, 0.2) is 51.9 Å². The van der Waals surface area contributed by atoms with Crippen molar-refractivity contribution in [1.29, 1.82) is 0 Å². The second-order valence-corrected chi connectivity index (χ2v) is 6.79. The zero-order chi connectivity index (χ0) is 20.1. The van der Waals surface area contributed by atoms with E-state index in [0.717, 1.165) is 4.90 Å². The first-order valence-corrected chi connectivity index (χ1v) is 9.73. The normalized spacial score (nSPS) is 10.6. The van der Waals surface area contributed by atoms with Crippen LogP contribution in [0.4, 0.5) is 0 Å². The second kappa shape index (κ2) is 8.79. The van der Waals surface area contributed by atoms with Gasteiger partial charge in [0.25, 0.3) is 5.91 Å². The molecule has 7 nitrogen and oxygen atoms in total. The number of nitrogens with zero attached hydrogens (tertiary/aromatic N) is 3. The summed E-state index contributed by atoms with van der Waals surface area (Å²) in [6, 6.07) is 12.8. The molecule has 0 bridgehead atoms. The van der Waals surface area contributed by atoms with E-state index in [1.165, 1.54) is 11.8 Å². The molecule has 0 N–H and O–H groups in total. The predicted molar refractivity (Wildman–Crippen MR) is 107 cm³/mol. The van der Waals surface area contributed by atoms with E-state index in [9.17, 15) is 4.79 Å². The average molecular weight is 399 g/mol. The molecule has 8 heteroatoms. The monoisotopic (exact) mass is 399 g/mol. The largest absolute Gasteiger partial charge is 0.497 e. The summed E-state index contributed by atoms with van der Waals surface area (Å²) in [4.78, 5) is 19.6. The van der Waals surface area contributed by atoms with Crippen LogP contribution in [-0.2, 0) is 6.54 Å². The van der Waals surface area contributed by atoms with Crippen molar-refractivity contribution in [2.24, 2.45) is 0 Å². The van der Waals surface area contributed by atoms with E-state index in [0.29, 0.717) is 34.3 Å². The van der Waals surface area contributed by atoms with Crippen molar-refractivity contribution >= 4 is 17.7 Å². The predicted octanol–water partition coefficient (Wildman–Crippen LogP) is 3.75. The summed E-state index contributed by atoms with van der Waals surface area (Å²) in [5.74, 6) is 1.86. The first-order chi connectivity index (χ1) is 13.6. The molecule has 0 fully saturated rings. The molecule has 0 unspecified atom stereocenters. The lowest BCUT2D eigenvalue weighted by molar-refractivity contribution is 0.0766. The minimum absolute atomic E-state index is 0.105. The van der Waals surface area contributed by atoms with Gasteiger partial charge in [0.2, 0.25) is 11.7 Å². The van der Waals surface area contributed by atoms with Crippen molar-refractivity contribution in [3.05, 3.63) is 53.9 Å². The van der Waals surface area contributed by atoms with Crippen LogP contribution in [0.1, 0.15) is 16.2 Å². The van der Waals surface area contributed by atoms with Gasteiger partial charge >= 0.3 is 0 Å². The summed E-state index contributed by atoms with van der Waals surface area (Å²) in [5, 5.41) is 4.02. The van der Waals surface area contributed by atoms with Crippen LogP contribution in [0.3, 0.4) is 0 Å². The number of hydrogen-bond acceptors (Lipinski definition) is 7. The van der Waals surface area contributed by atoms with Crippen LogP contribution in [0.2, 0.25) is 0 Å². The lowest BCUT2D eigenvalue weighted by Crippen LogP contribution is -2.26. The van der Waals surface area contributed by atoms with Gasteiger partial charge < -0.3 is 18.9 Å². The summed E-state index contributed by atoms with van der Waals surface area (Å²) in [7, 11) is 4.86. The van der Waals surface area contributed by atoms with E-state index in [1.54, 1.807) is 44.4 Å². The Morgan fingerprint density at radius 1 is 1.18 bits per heavy atom. The molecule has 2 aromatic carbocycles. The van der Waals surface area contributed by atoms with Gasteiger partial charge in [-0.2, -0.15) is 4.98 Å². The van der Waals surface area contributed by atoms with Crippen molar-refractivity contribution in [2.75, 3.05) is 27.5 Å². The van der Waals surface area contributed by atoms with Crippen molar-refractivity contribution in [1.82, 2.24) is 15.0 Å². The fraction of sp³-hybridized carbons (Fsp3) is 0.250. The Bertz CT molecular complexity index is 974. The molecule has 1 heterocycles. The summed E-state index contributed by atoms with van der Waals surface area (Å²) in [6.07, 6.45) is 1.94. The number of benzene rings is 2. The van der Waals surface area contributed by atoms with E-state index in [2.05, 4.69) is 10.1 Å². The zero-order valence-electron chi connectivity index (χ0n) is 16.1. The Morgan fingerprint density at radius 2 is 1.96 bits per heavy atom. The molecule has 1 amide bonds. The van der Waals surface area contributed by atoms with E-state index in [1.807, 2.05) is 30.5 Å². The molecule has 1 aromatic heterocycles. The molecule has 0 spiro atoms. The lowest BCUT2D eigenvalue weighted by atomic mass is 10.2. The van der Waals surface area contributed by atoms with Crippen molar-refractivity contribution in [3.8, 4) is 22.9 Å². The van der Waals surface area contributed by atoms with Gasteiger partial charge in [0, 0.05) is 18.0 Å². The van der Waals surface area contributed by atoms with Crippen LogP contribution >= 0.6 is 11.8 Å². The maximum atomic E-state index is 12.8. The highest BCUT2D eigenvalue weighted by Crippen LogP contribution is 2.31. The molecule has 0 aliphatic heterocycles. The highest BCUT2D eigenvalue weighted by molar-refractivity contribution is 7.98. The van der Waals surface area contributed by atoms with Crippen LogP contribution in [0.5, 0.6) is 11.5 Å². The van der Waals surface area contributed by atoms with Crippen LogP contribution < -0.4 is 9.47 Å². The highest BCUT2D eigenvalue weighted by atomic mass is 32.2. The second-order valence-electron chi connectivity index (χ2n) is 5.94. The number of aromatic nitrogens is 2. The third-order valence-electron chi connectivity index (χ3n) is 4.17. The maximum absolute atomic E-state index is 12.8. The Labute approximate surface area is 167 Å². The summed E-state index contributed by atoms with van der Waals surface area (Å²) < 4.78 is 15.9. The Kier molecular flexibility index (Phi) is 6.20. The molecule has 0 radical (unpaired) electrons. The third-order valence-corrected chi connectivity index (χ3v) is 4.97. The fourth-order valence-corrected chi connectivity index (χ4v) is 3.30. The Balaban J connectivity index is 1.78. The minimum atomic E-state index is -0.105. The molecule has 0 saturated carbocycles. The molecule has 28 heavy (non-hydrogen) atoms. The van der Waals surface area contributed by atoms with Gasteiger partial charge in [0.15, 0.2) is 0 Å². The van der Waals surface area contributed by atoms with Gasteiger partial charge in [0.05, 0.1) is 31.9 Å². The van der Waals surface area contributed by atoms with Crippen molar-refractivity contribution in [3.63, 3.8) is 0 Å². The number of rotatable bonds is 7. The Morgan fingerprint density at radius 3 is 2.68 bits per heavy atom. The van der Waals surface area contributed by atoms with Crippen LogP contribution in [-0.4, -0.2) is 48.5 Å². The minimum Gasteiger partial charge on any atom is -0.497 e. The standard InChI is InChI=1S/C20H21N3O4S/c1-23(20(24)15-7-5-6-8-17(15)28-4)12-18-21-19(22-27-18)14-10-9-13(25-2)11-16(14)26-3/h5-11H,12H2,1-4H3. The van der Waals surface area contributed by atoms with Gasteiger partial charge in [-0.1, -0.05) is 17.3 Å². The lowest BCUT2D eigenvalue weighted by Gasteiger charge is -2.16. The van der Waals surface area contributed by atoms with Gasteiger partial charge in [-0.15, -0.1) is 11.8 Å². The molecule has 146 valence electrons. The number of carbonyl (C=O) groups is 1. The average Bonchev–Trinajstić information content (AvgIpc) is 3.20. The number of hydrogen-bond donors (Lipinski definition) is 0. The fourth-order valence-electron chi connectivity index (χ4n) is 2.71. The smallest absolute Gasteiger partial charge is 0.255 e. The number of ether oxygens (including phenoxy) is 2. The van der Waals surface area contributed by atoms with Gasteiger partial charge in [-0.3, -0.25) is 4.79 Å². The zero-order valence-corrected chi connectivity index (χ0v) is 16.9. The van der Waals surface area contributed by atoms with Gasteiger partial charge in [-0.25, -0.2) is 0 Å². The molecule has 0 aliphatic rings. The van der Waals surface area contributed by atoms with E-state index < -0.39 is 0 Å². The Hall–Kier alpha value is -3.00. The number of thioether (sulfide) groups is 1. The SMILES string of the molecule is COc1ccc(-c2noc(CN(C)C(=O)c3ccccc3SC)n2)c(OC)c1. The maximum Gasteiger partial charge on any atom is 0.255 e. The van der Waals surface area contributed by atoms with E-state index in [-0.39, 0.29) is 12.5 Å². The van der Waals surface area contributed by atoms with Gasteiger partial charge in [0.1, 0.15) is 11.5 Å². The summed E-state index contributed by atoms with van der Waals surface area (Å²) in [6.45, 7) is 0.201. The first-order valence-electron chi connectivity index (χ1n) is 8.50. The molecule has 3 rings (SSSR count). The topological polar surface area (TPSA) is 77.7 Å².